The highest BCUT2D eigenvalue weighted by Gasteiger charge is 2.30. The Kier molecular flexibility index (Phi) is 8.00. The zero-order chi connectivity index (χ0) is 22.2. The van der Waals surface area contributed by atoms with Gasteiger partial charge in [0.05, 0.1) is 7.11 Å². The fourth-order valence-electron chi connectivity index (χ4n) is 3.51. The van der Waals surface area contributed by atoms with E-state index in [2.05, 4.69) is 21.2 Å². The molecule has 1 fully saturated rings. The van der Waals surface area contributed by atoms with Gasteiger partial charge in [0.1, 0.15) is 0 Å². The van der Waals surface area contributed by atoms with Crippen LogP contribution in [0.3, 0.4) is 0 Å². The molecule has 1 aliphatic rings. The van der Waals surface area contributed by atoms with Crippen molar-refractivity contribution in [2.24, 2.45) is 5.92 Å². The van der Waals surface area contributed by atoms with Gasteiger partial charge in [-0.15, -0.1) is 0 Å². The second kappa shape index (κ2) is 10.9. The first-order chi connectivity index (χ1) is 15.0. The highest BCUT2D eigenvalue weighted by molar-refractivity contribution is 9.10. The molecule has 0 spiro atoms. The summed E-state index contributed by atoms with van der Waals surface area (Å²) in [5, 5.41) is 2.82. The van der Waals surface area contributed by atoms with E-state index in [1.165, 1.54) is 7.11 Å². The minimum Gasteiger partial charge on any atom is -0.467 e. The molecule has 0 bridgehead atoms. The molecule has 2 aromatic rings. The summed E-state index contributed by atoms with van der Waals surface area (Å²) in [5.41, 5.74) is 1.62. The van der Waals surface area contributed by atoms with Gasteiger partial charge in [0.2, 0.25) is 11.8 Å². The number of ether oxygens (including phenoxy) is 1. The standard InChI is InChI=1S/C24H25BrN2O4/c1-31-24(30)22(18-8-10-20(25)11-9-18)26-23(29)19-13-15-27(16-14-19)21(28)12-7-17-5-3-2-4-6-17/h2-12,19,22H,13-16H2,1H3,(H,26,29)/b12-7+. The number of benzene rings is 2. The van der Waals surface area contributed by atoms with E-state index in [1.54, 1.807) is 29.2 Å². The van der Waals surface area contributed by atoms with Gasteiger partial charge in [0, 0.05) is 29.6 Å². The number of nitrogens with one attached hydrogen (secondary N) is 1. The second-order valence-corrected chi connectivity index (χ2v) is 8.28. The summed E-state index contributed by atoms with van der Waals surface area (Å²) in [5.74, 6) is -1.05. The number of methoxy groups -OCH3 is 1. The number of halogens is 1. The largest absolute Gasteiger partial charge is 0.467 e. The van der Waals surface area contributed by atoms with E-state index in [-0.39, 0.29) is 17.7 Å². The highest BCUT2D eigenvalue weighted by Crippen LogP contribution is 2.22. The molecule has 1 saturated heterocycles. The Balaban J connectivity index is 1.56. The Hall–Kier alpha value is -2.93. The first-order valence-electron chi connectivity index (χ1n) is 10.1. The third kappa shape index (κ3) is 6.28. The number of hydrogen-bond donors (Lipinski definition) is 1. The molecule has 1 heterocycles. The van der Waals surface area contributed by atoms with E-state index in [0.29, 0.717) is 31.5 Å². The Labute approximate surface area is 190 Å². The number of likely N-dealkylation sites (tertiary alicyclic amines) is 1. The lowest BCUT2D eigenvalue weighted by atomic mass is 9.95. The number of carbonyl (C=O) groups is 3. The molecule has 1 N–H and O–H groups in total. The van der Waals surface area contributed by atoms with Gasteiger partial charge in [-0.1, -0.05) is 58.4 Å². The third-order valence-corrected chi connectivity index (χ3v) is 5.85. The van der Waals surface area contributed by atoms with Crippen LogP contribution in [0.5, 0.6) is 0 Å². The van der Waals surface area contributed by atoms with Crippen molar-refractivity contribution in [3.05, 3.63) is 76.3 Å². The van der Waals surface area contributed by atoms with Gasteiger partial charge < -0.3 is 15.0 Å². The van der Waals surface area contributed by atoms with E-state index in [1.807, 2.05) is 42.5 Å². The Morgan fingerprint density at radius 1 is 1.06 bits per heavy atom. The van der Waals surface area contributed by atoms with Crippen LogP contribution in [0.15, 0.2) is 65.1 Å². The number of rotatable bonds is 6. The molecule has 2 aromatic carbocycles. The normalized spacial score (nSPS) is 15.5. The molecule has 1 unspecified atom stereocenters. The molecule has 6 nitrogen and oxygen atoms in total. The Bertz CT molecular complexity index is 936. The zero-order valence-corrected chi connectivity index (χ0v) is 18.9. The average Bonchev–Trinajstić information content (AvgIpc) is 2.81. The first-order valence-corrected chi connectivity index (χ1v) is 10.9. The van der Waals surface area contributed by atoms with Gasteiger partial charge in [0.25, 0.3) is 0 Å². The van der Waals surface area contributed by atoms with E-state index in [0.717, 1.165) is 10.0 Å². The van der Waals surface area contributed by atoms with Gasteiger partial charge >= 0.3 is 5.97 Å². The number of amides is 2. The average molecular weight is 485 g/mol. The fraction of sp³-hybridized carbons (Fsp3) is 0.292. The molecule has 0 radical (unpaired) electrons. The summed E-state index contributed by atoms with van der Waals surface area (Å²) in [6, 6.07) is 15.9. The predicted molar refractivity (Wildman–Crippen MR) is 122 cm³/mol. The minimum atomic E-state index is -0.862. The van der Waals surface area contributed by atoms with Crippen molar-refractivity contribution >= 4 is 39.8 Å². The smallest absolute Gasteiger partial charge is 0.333 e. The van der Waals surface area contributed by atoms with Crippen molar-refractivity contribution in [3.8, 4) is 0 Å². The molecule has 7 heteroatoms. The Morgan fingerprint density at radius 2 is 1.71 bits per heavy atom. The predicted octanol–water partition coefficient (Wildman–Crippen LogP) is 3.73. The molecule has 1 atom stereocenters. The van der Waals surface area contributed by atoms with Crippen LogP contribution in [0.4, 0.5) is 0 Å². The second-order valence-electron chi connectivity index (χ2n) is 7.36. The van der Waals surface area contributed by atoms with Crippen LogP contribution >= 0.6 is 15.9 Å². The molecule has 0 aliphatic carbocycles. The quantitative estimate of drug-likeness (QED) is 0.500. The lowest BCUT2D eigenvalue weighted by molar-refractivity contribution is -0.146. The van der Waals surface area contributed by atoms with Crippen molar-refractivity contribution in [3.63, 3.8) is 0 Å². The molecule has 0 saturated carbocycles. The van der Waals surface area contributed by atoms with Crippen molar-refractivity contribution < 1.29 is 19.1 Å². The first kappa shape index (κ1) is 22.7. The zero-order valence-electron chi connectivity index (χ0n) is 17.3. The maximum absolute atomic E-state index is 12.8. The molecule has 1 aliphatic heterocycles. The summed E-state index contributed by atoms with van der Waals surface area (Å²) in [7, 11) is 1.30. The number of esters is 1. The molecule has 31 heavy (non-hydrogen) atoms. The number of carbonyl (C=O) groups excluding carboxylic acids is 3. The summed E-state index contributed by atoms with van der Waals surface area (Å²) in [4.78, 5) is 39.2. The SMILES string of the molecule is COC(=O)C(NC(=O)C1CCN(C(=O)/C=C/c2ccccc2)CC1)c1ccc(Br)cc1. The van der Waals surface area contributed by atoms with Gasteiger partial charge in [-0.25, -0.2) is 4.79 Å². The molecule has 0 aromatic heterocycles. The van der Waals surface area contributed by atoms with Gasteiger partial charge in [-0.05, 0) is 42.2 Å². The maximum atomic E-state index is 12.8. The van der Waals surface area contributed by atoms with Crippen LogP contribution in [0.25, 0.3) is 6.08 Å². The maximum Gasteiger partial charge on any atom is 0.333 e. The van der Waals surface area contributed by atoms with Crippen molar-refractivity contribution in [2.75, 3.05) is 20.2 Å². The van der Waals surface area contributed by atoms with Gasteiger partial charge in [-0.2, -0.15) is 0 Å². The molecular weight excluding hydrogens is 460 g/mol. The number of hydrogen-bond acceptors (Lipinski definition) is 4. The van der Waals surface area contributed by atoms with Crippen LogP contribution in [0.2, 0.25) is 0 Å². The lowest BCUT2D eigenvalue weighted by Crippen LogP contribution is -2.44. The topological polar surface area (TPSA) is 75.7 Å². The summed E-state index contributed by atoms with van der Waals surface area (Å²) < 4.78 is 5.75. The van der Waals surface area contributed by atoms with E-state index in [4.69, 9.17) is 4.74 Å². The highest BCUT2D eigenvalue weighted by atomic mass is 79.9. The molecule has 162 valence electrons. The minimum absolute atomic E-state index is 0.0648. The molecular formula is C24H25BrN2O4. The van der Waals surface area contributed by atoms with Crippen LogP contribution < -0.4 is 5.32 Å². The van der Waals surface area contributed by atoms with E-state index >= 15 is 0 Å². The van der Waals surface area contributed by atoms with Gasteiger partial charge in [-0.3, -0.25) is 9.59 Å². The van der Waals surface area contributed by atoms with E-state index in [9.17, 15) is 14.4 Å². The monoisotopic (exact) mass is 484 g/mol. The number of piperidine rings is 1. The van der Waals surface area contributed by atoms with Crippen LogP contribution in [0, 0.1) is 5.92 Å². The Morgan fingerprint density at radius 3 is 2.32 bits per heavy atom. The van der Waals surface area contributed by atoms with Crippen molar-refractivity contribution in [2.45, 2.75) is 18.9 Å². The molecule has 2 amide bonds. The van der Waals surface area contributed by atoms with E-state index < -0.39 is 12.0 Å². The third-order valence-electron chi connectivity index (χ3n) is 5.32. The fourth-order valence-corrected chi connectivity index (χ4v) is 3.78. The lowest BCUT2D eigenvalue weighted by Gasteiger charge is -2.31. The molecule has 3 rings (SSSR count). The van der Waals surface area contributed by atoms with Crippen molar-refractivity contribution in [1.82, 2.24) is 10.2 Å². The van der Waals surface area contributed by atoms with Crippen molar-refractivity contribution in [1.29, 1.82) is 0 Å². The van der Waals surface area contributed by atoms with Crippen LogP contribution in [0.1, 0.15) is 30.0 Å². The summed E-state index contributed by atoms with van der Waals surface area (Å²) in [6.07, 6.45) is 4.45. The summed E-state index contributed by atoms with van der Waals surface area (Å²) in [6.45, 7) is 0.994. The summed E-state index contributed by atoms with van der Waals surface area (Å²) >= 11 is 3.36. The van der Waals surface area contributed by atoms with Crippen LogP contribution in [-0.2, 0) is 19.1 Å². The van der Waals surface area contributed by atoms with Gasteiger partial charge in [0.15, 0.2) is 6.04 Å². The number of nitrogens with zero attached hydrogens (tertiary/aromatic N) is 1. The van der Waals surface area contributed by atoms with Crippen LogP contribution in [-0.4, -0.2) is 42.9 Å².